The summed E-state index contributed by atoms with van der Waals surface area (Å²) in [6, 6.07) is 8.31. The van der Waals surface area contributed by atoms with Gasteiger partial charge in [0.15, 0.2) is 0 Å². The third-order valence-corrected chi connectivity index (χ3v) is 2.63. The number of aromatic nitrogens is 2. The van der Waals surface area contributed by atoms with Crippen LogP contribution in [0.3, 0.4) is 0 Å². The Bertz CT molecular complexity index is 462. The second-order valence-corrected chi connectivity index (χ2v) is 3.85. The molecule has 3 heteroatoms. The maximum atomic E-state index is 5.54. The van der Waals surface area contributed by atoms with Crippen LogP contribution in [0.5, 0.6) is 0 Å². The number of para-hydroxylation sites is 1. The van der Waals surface area contributed by atoms with E-state index < -0.39 is 0 Å². The summed E-state index contributed by atoms with van der Waals surface area (Å²) in [7, 11) is 0. The number of ether oxygens (including phenoxy) is 1. The van der Waals surface area contributed by atoms with Crippen molar-refractivity contribution in [1.82, 2.24) is 9.78 Å². The van der Waals surface area contributed by atoms with Gasteiger partial charge in [-0.05, 0) is 18.9 Å². The molecule has 2 aromatic rings. The summed E-state index contributed by atoms with van der Waals surface area (Å²) in [5.41, 5.74) is 2.31. The molecule has 0 aliphatic heterocycles. The van der Waals surface area contributed by atoms with Gasteiger partial charge in [0.1, 0.15) is 6.73 Å². The third kappa shape index (κ3) is 2.09. The zero-order chi connectivity index (χ0) is 11.4. The second kappa shape index (κ2) is 5.12. The van der Waals surface area contributed by atoms with Crippen LogP contribution in [0, 0.1) is 0 Å². The summed E-state index contributed by atoms with van der Waals surface area (Å²) >= 11 is 0. The zero-order valence-corrected chi connectivity index (χ0v) is 9.94. The first kappa shape index (κ1) is 11.1. The van der Waals surface area contributed by atoms with Gasteiger partial charge in [-0.25, -0.2) is 4.68 Å². The van der Waals surface area contributed by atoms with Crippen molar-refractivity contribution in [2.45, 2.75) is 33.4 Å². The van der Waals surface area contributed by atoms with Crippen LogP contribution in [0.4, 0.5) is 0 Å². The Morgan fingerprint density at radius 1 is 1.25 bits per heavy atom. The summed E-state index contributed by atoms with van der Waals surface area (Å²) in [5, 5.41) is 5.81. The first-order valence-electron chi connectivity index (χ1n) is 5.89. The topological polar surface area (TPSA) is 27.1 Å². The Morgan fingerprint density at radius 2 is 2.06 bits per heavy atom. The molecule has 0 saturated heterocycles. The van der Waals surface area contributed by atoms with Crippen LogP contribution in [0.2, 0.25) is 0 Å². The molecule has 0 N–H and O–H groups in total. The molecule has 0 aliphatic carbocycles. The molecule has 0 fully saturated rings. The minimum atomic E-state index is 0.550. The number of benzene rings is 1. The Morgan fingerprint density at radius 3 is 2.81 bits per heavy atom. The minimum Gasteiger partial charge on any atom is -0.359 e. The van der Waals surface area contributed by atoms with Gasteiger partial charge < -0.3 is 4.74 Å². The second-order valence-electron chi connectivity index (χ2n) is 3.85. The van der Waals surface area contributed by atoms with E-state index in [2.05, 4.69) is 37.1 Å². The van der Waals surface area contributed by atoms with Gasteiger partial charge in [-0.1, -0.05) is 32.0 Å². The first-order chi connectivity index (χ1) is 7.86. The monoisotopic (exact) mass is 218 g/mol. The lowest BCUT2D eigenvalue weighted by Crippen LogP contribution is -2.05. The molecule has 0 aliphatic rings. The fraction of sp³-hybridized carbons (Fsp3) is 0.462. The maximum absolute atomic E-state index is 5.54. The highest BCUT2D eigenvalue weighted by atomic mass is 16.5. The van der Waals surface area contributed by atoms with E-state index >= 15 is 0 Å². The number of hydrogen-bond donors (Lipinski definition) is 0. The predicted octanol–water partition coefficient (Wildman–Crippen LogP) is 2.98. The fourth-order valence-corrected chi connectivity index (χ4v) is 1.85. The van der Waals surface area contributed by atoms with Crippen LogP contribution in [-0.4, -0.2) is 16.4 Å². The normalized spacial score (nSPS) is 11.1. The molecule has 0 amide bonds. The molecular formula is C13H18N2O. The van der Waals surface area contributed by atoms with Crippen LogP contribution < -0.4 is 0 Å². The Balaban J connectivity index is 2.30. The van der Waals surface area contributed by atoms with Gasteiger partial charge in [-0.2, -0.15) is 5.10 Å². The quantitative estimate of drug-likeness (QED) is 0.721. The molecule has 0 bridgehead atoms. The third-order valence-electron chi connectivity index (χ3n) is 2.63. The lowest BCUT2D eigenvalue weighted by molar-refractivity contribution is 0.0720. The highest BCUT2D eigenvalue weighted by Crippen LogP contribution is 2.18. The van der Waals surface area contributed by atoms with Gasteiger partial charge in [-0.15, -0.1) is 0 Å². The smallest absolute Gasteiger partial charge is 0.140 e. The summed E-state index contributed by atoms with van der Waals surface area (Å²) in [6.07, 6.45) is 2.00. The minimum absolute atomic E-state index is 0.550. The van der Waals surface area contributed by atoms with Gasteiger partial charge in [0, 0.05) is 12.0 Å². The standard InChI is InChI=1S/C13H18N2O/c1-3-9-16-10-15-13-8-6-5-7-11(13)12(4-2)14-15/h5-8H,3-4,9-10H2,1-2H3. The fourth-order valence-electron chi connectivity index (χ4n) is 1.85. The van der Waals surface area contributed by atoms with E-state index in [9.17, 15) is 0 Å². The highest BCUT2D eigenvalue weighted by molar-refractivity contribution is 5.81. The lowest BCUT2D eigenvalue weighted by atomic mass is 10.2. The molecule has 1 aromatic heterocycles. The van der Waals surface area contributed by atoms with Gasteiger partial charge in [-0.3, -0.25) is 0 Å². The van der Waals surface area contributed by atoms with Crippen molar-refractivity contribution in [2.75, 3.05) is 6.61 Å². The van der Waals surface area contributed by atoms with Gasteiger partial charge in [0.25, 0.3) is 0 Å². The van der Waals surface area contributed by atoms with E-state index in [-0.39, 0.29) is 0 Å². The highest BCUT2D eigenvalue weighted by Gasteiger charge is 2.07. The number of fused-ring (bicyclic) bond motifs is 1. The van der Waals surface area contributed by atoms with E-state index in [1.807, 2.05) is 10.7 Å². The van der Waals surface area contributed by atoms with Crippen molar-refractivity contribution in [1.29, 1.82) is 0 Å². The molecule has 0 saturated carbocycles. The lowest BCUT2D eigenvalue weighted by Gasteiger charge is -2.03. The predicted molar refractivity (Wildman–Crippen MR) is 65.4 cm³/mol. The van der Waals surface area contributed by atoms with Crippen molar-refractivity contribution in [3.63, 3.8) is 0 Å². The Kier molecular flexibility index (Phi) is 3.57. The SMILES string of the molecule is CCCOCn1nc(CC)c2ccccc21. The molecule has 0 radical (unpaired) electrons. The van der Waals surface area contributed by atoms with Crippen LogP contribution in [-0.2, 0) is 17.9 Å². The van der Waals surface area contributed by atoms with Crippen molar-refractivity contribution in [3.8, 4) is 0 Å². The van der Waals surface area contributed by atoms with Crippen LogP contribution in [0.1, 0.15) is 26.0 Å². The molecule has 2 rings (SSSR count). The molecule has 1 aromatic carbocycles. The molecule has 0 unspecified atom stereocenters. The molecule has 1 heterocycles. The van der Waals surface area contributed by atoms with Crippen LogP contribution in [0.15, 0.2) is 24.3 Å². The van der Waals surface area contributed by atoms with Crippen molar-refractivity contribution in [3.05, 3.63) is 30.0 Å². The van der Waals surface area contributed by atoms with E-state index in [0.717, 1.165) is 30.7 Å². The van der Waals surface area contributed by atoms with E-state index in [1.54, 1.807) is 0 Å². The molecule has 3 nitrogen and oxygen atoms in total. The summed E-state index contributed by atoms with van der Waals surface area (Å²) in [4.78, 5) is 0. The largest absolute Gasteiger partial charge is 0.359 e. The van der Waals surface area contributed by atoms with E-state index in [1.165, 1.54) is 5.39 Å². The van der Waals surface area contributed by atoms with Crippen molar-refractivity contribution in [2.24, 2.45) is 0 Å². The average molecular weight is 218 g/mol. The number of rotatable bonds is 5. The summed E-state index contributed by atoms with van der Waals surface area (Å²) in [5.74, 6) is 0. The Hall–Kier alpha value is -1.35. The zero-order valence-electron chi connectivity index (χ0n) is 9.94. The first-order valence-corrected chi connectivity index (χ1v) is 5.89. The molecule has 86 valence electrons. The van der Waals surface area contributed by atoms with E-state index in [4.69, 9.17) is 4.74 Å². The van der Waals surface area contributed by atoms with E-state index in [0.29, 0.717) is 6.73 Å². The number of hydrogen-bond acceptors (Lipinski definition) is 2. The van der Waals surface area contributed by atoms with Gasteiger partial charge in [0.05, 0.1) is 11.2 Å². The number of aryl methyl sites for hydroxylation is 1. The summed E-state index contributed by atoms with van der Waals surface area (Å²) < 4.78 is 7.48. The van der Waals surface area contributed by atoms with Gasteiger partial charge in [0.2, 0.25) is 0 Å². The molecule has 0 spiro atoms. The van der Waals surface area contributed by atoms with Crippen LogP contribution in [0.25, 0.3) is 10.9 Å². The van der Waals surface area contributed by atoms with Crippen molar-refractivity contribution < 1.29 is 4.74 Å². The van der Waals surface area contributed by atoms with Gasteiger partial charge >= 0.3 is 0 Å². The molecule has 16 heavy (non-hydrogen) atoms. The van der Waals surface area contributed by atoms with Crippen molar-refractivity contribution >= 4 is 10.9 Å². The molecule has 0 atom stereocenters. The molecular weight excluding hydrogens is 200 g/mol. The van der Waals surface area contributed by atoms with Crippen LogP contribution >= 0.6 is 0 Å². The average Bonchev–Trinajstić information content (AvgIpc) is 2.68. The number of nitrogens with zero attached hydrogens (tertiary/aromatic N) is 2. The summed E-state index contributed by atoms with van der Waals surface area (Å²) in [6.45, 7) is 5.58. The Labute approximate surface area is 96.0 Å². The maximum Gasteiger partial charge on any atom is 0.140 e.